The van der Waals surface area contributed by atoms with Gasteiger partial charge in [-0.2, -0.15) is 0 Å². The Labute approximate surface area is 121 Å². The quantitative estimate of drug-likeness (QED) is 0.894. The molecular weight excluding hydrogens is 280 g/mol. The van der Waals surface area contributed by atoms with Crippen LogP contribution in [-0.4, -0.2) is 41.5 Å². The number of nitrogen functional groups attached to an aromatic ring is 1. The fraction of sp³-hybridized carbons (Fsp3) is 0.417. The molecule has 20 heavy (non-hydrogen) atoms. The van der Waals surface area contributed by atoms with Crippen molar-refractivity contribution in [1.29, 1.82) is 0 Å². The molecular formula is C12H15ClN6O. The molecule has 2 aromatic heterocycles. The van der Waals surface area contributed by atoms with E-state index in [4.69, 9.17) is 22.0 Å². The third-order valence-electron chi connectivity index (χ3n) is 3.37. The highest BCUT2D eigenvalue weighted by Gasteiger charge is 2.23. The standard InChI is InChI=1S/C12H15ClN6O/c1-8-11(17-20-16-8)18-2-4-19(5-3-18)12-10(14)6-9(13)7-15-12/h6-7H,2-5,14H2,1H3. The molecule has 1 aliphatic heterocycles. The molecule has 106 valence electrons. The van der Waals surface area contributed by atoms with E-state index in [1.54, 1.807) is 12.3 Å². The summed E-state index contributed by atoms with van der Waals surface area (Å²) in [6.45, 7) is 5.14. The van der Waals surface area contributed by atoms with Gasteiger partial charge in [-0.15, -0.1) is 0 Å². The average Bonchev–Trinajstić information content (AvgIpc) is 2.85. The summed E-state index contributed by atoms with van der Waals surface area (Å²) in [5.41, 5.74) is 7.38. The van der Waals surface area contributed by atoms with Crippen LogP contribution in [-0.2, 0) is 0 Å². The van der Waals surface area contributed by atoms with E-state index in [9.17, 15) is 0 Å². The minimum absolute atomic E-state index is 0.550. The van der Waals surface area contributed by atoms with Gasteiger partial charge in [0.25, 0.3) is 0 Å². The molecule has 7 nitrogen and oxygen atoms in total. The van der Waals surface area contributed by atoms with Gasteiger partial charge in [0.05, 0.1) is 10.7 Å². The van der Waals surface area contributed by atoms with Gasteiger partial charge in [-0.1, -0.05) is 16.8 Å². The van der Waals surface area contributed by atoms with E-state index >= 15 is 0 Å². The first-order valence-electron chi connectivity index (χ1n) is 6.35. The predicted molar refractivity (Wildman–Crippen MR) is 77.1 cm³/mol. The molecule has 0 aromatic carbocycles. The van der Waals surface area contributed by atoms with Gasteiger partial charge >= 0.3 is 0 Å². The minimum atomic E-state index is 0.550. The molecule has 1 fully saturated rings. The van der Waals surface area contributed by atoms with Crippen molar-refractivity contribution >= 4 is 28.9 Å². The molecule has 0 bridgehead atoms. The van der Waals surface area contributed by atoms with Gasteiger partial charge in [-0.3, -0.25) is 0 Å². The second-order valence-corrected chi connectivity index (χ2v) is 5.15. The number of anilines is 3. The summed E-state index contributed by atoms with van der Waals surface area (Å²) in [5, 5.41) is 8.28. The van der Waals surface area contributed by atoms with Crippen LogP contribution in [0.3, 0.4) is 0 Å². The number of halogens is 1. The highest BCUT2D eigenvalue weighted by molar-refractivity contribution is 6.30. The van der Waals surface area contributed by atoms with Gasteiger partial charge in [0, 0.05) is 32.4 Å². The lowest BCUT2D eigenvalue weighted by atomic mass is 10.2. The van der Waals surface area contributed by atoms with Gasteiger partial charge in [0.15, 0.2) is 11.6 Å². The number of pyridine rings is 1. The van der Waals surface area contributed by atoms with E-state index in [-0.39, 0.29) is 0 Å². The van der Waals surface area contributed by atoms with Crippen LogP contribution >= 0.6 is 11.6 Å². The van der Waals surface area contributed by atoms with Gasteiger partial charge in [-0.25, -0.2) is 9.61 Å². The lowest BCUT2D eigenvalue weighted by Gasteiger charge is -2.35. The highest BCUT2D eigenvalue weighted by Crippen LogP contribution is 2.25. The third-order valence-corrected chi connectivity index (χ3v) is 3.58. The van der Waals surface area contributed by atoms with E-state index < -0.39 is 0 Å². The first-order chi connectivity index (χ1) is 9.65. The molecule has 0 radical (unpaired) electrons. The van der Waals surface area contributed by atoms with E-state index in [1.165, 1.54) is 0 Å². The average molecular weight is 295 g/mol. The van der Waals surface area contributed by atoms with Crippen LogP contribution in [0.2, 0.25) is 5.02 Å². The molecule has 0 saturated carbocycles. The van der Waals surface area contributed by atoms with Crippen molar-refractivity contribution in [3.8, 4) is 0 Å². The van der Waals surface area contributed by atoms with E-state index in [2.05, 4.69) is 25.1 Å². The summed E-state index contributed by atoms with van der Waals surface area (Å²) in [5.74, 6) is 1.59. The van der Waals surface area contributed by atoms with Crippen molar-refractivity contribution in [3.63, 3.8) is 0 Å². The Balaban J connectivity index is 1.71. The van der Waals surface area contributed by atoms with Crippen molar-refractivity contribution < 1.29 is 4.63 Å². The van der Waals surface area contributed by atoms with Crippen molar-refractivity contribution in [1.82, 2.24) is 15.3 Å². The molecule has 0 spiro atoms. The van der Waals surface area contributed by atoms with Gasteiger partial charge in [0.1, 0.15) is 5.69 Å². The SMILES string of the molecule is Cc1nonc1N1CCN(c2ncc(Cl)cc2N)CC1. The summed E-state index contributed by atoms with van der Waals surface area (Å²) >= 11 is 5.87. The number of piperazine rings is 1. The molecule has 2 N–H and O–H groups in total. The predicted octanol–water partition coefficient (Wildman–Crippen LogP) is 1.34. The van der Waals surface area contributed by atoms with Crippen molar-refractivity contribution in [2.24, 2.45) is 0 Å². The number of hydrogen-bond donors (Lipinski definition) is 1. The van der Waals surface area contributed by atoms with Crippen LogP contribution in [0.4, 0.5) is 17.3 Å². The summed E-state index contributed by atoms with van der Waals surface area (Å²) in [7, 11) is 0. The normalized spacial score (nSPS) is 15.7. The van der Waals surface area contributed by atoms with Crippen LogP contribution in [0.15, 0.2) is 16.9 Å². The number of nitrogens with two attached hydrogens (primary N) is 1. The molecule has 0 aliphatic carbocycles. The molecule has 3 heterocycles. The number of aromatic nitrogens is 3. The number of hydrogen-bond acceptors (Lipinski definition) is 7. The molecule has 1 saturated heterocycles. The molecule has 8 heteroatoms. The largest absolute Gasteiger partial charge is 0.396 e. The maximum atomic E-state index is 5.97. The first-order valence-corrected chi connectivity index (χ1v) is 6.73. The molecule has 0 atom stereocenters. The molecule has 0 unspecified atom stereocenters. The maximum Gasteiger partial charge on any atom is 0.196 e. The van der Waals surface area contributed by atoms with Crippen LogP contribution in [0.25, 0.3) is 0 Å². The van der Waals surface area contributed by atoms with Gasteiger partial charge in [0.2, 0.25) is 0 Å². The van der Waals surface area contributed by atoms with Crippen LogP contribution in [0, 0.1) is 6.92 Å². The summed E-state index contributed by atoms with van der Waals surface area (Å²) in [4.78, 5) is 8.60. The van der Waals surface area contributed by atoms with E-state index in [0.29, 0.717) is 10.7 Å². The Morgan fingerprint density at radius 2 is 1.80 bits per heavy atom. The second kappa shape index (κ2) is 5.16. The number of nitrogens with zero attached hydrogens (tertiary/aromatic N) is 5. The zero-order chi connectivity index (χ0) is 14.1. The summed E-state index contributed by atoms with van der Waals surface area (Å²) in [6.07, 6.45) is 1.62. The zero-order valence-electron chi connectivity index (χ0n) is 11.1. The Hall–Kier alpha value is -2.02. The van der Waals surface area contributed by atoms with Crippen LogP contribution in [0.5, 0.6) is 0 Å². The fourth-order valence-electron chi connectivity index (χ4n) is 2.36. The number of aryl methyl sites for hydroxylation is 1. The Morgan fingerprint density at radius 1 is 1.15 bits per heavy atom. The van der Waals surface area contributed by atoms with Crippen molar-refractivity contribution in [2.75, 3.05) is 41.7 Å². The smallest absolute Gasteiger partial charge is 0.196 e. The van der Waals surface area contributed by atoms with Crippen molar-refractivity contribution in [3.05, 3.63) is 23.0 Å². The minimum Gasteiger partial charge on any atom is -0.396 e. The van der Waals surface area contributed by atoms with Crippen LogP contribution in [0.1, 0.15) is 5.69 Å². The van der Waals surface area contributed by atoms with Gasteiger partial charge < -0.3 is 15.5 Å². The molecule has 3 rings (SSSR count). The highest BCUT2D eigenvalue weighted by atomic mass is 35.5. The second-order valence-electron chi connectivity index (χ2n) is 4.71. The number of rotatable bonds is 2. The summed E-state index contributed by atoms with van der Waals surface area (Å²) < 4.78 is 4.74. The Morgan fingerprint density at radius 3 is 2.35 bits per heavy atom. The lowest BCUT2D eigenvalue weighted by Crippen LogP contribution is -2.47. The van der Waals surface area contributed by atoms with Crippen LogP contribution < -0.4 is 15.5 Å². The molecule has 2 aromatic rings. The third kappa shape index (κ3) is 2.36. The maximum absolute atomic E-state index is 5.97. The summed E-state index contributed by atoms with van der Waals surface area (Å²) in [6, 6.07) is 1.72. The topological polar surface area (TPSA) is 84.3 Å². The molecule has 1 aliphatic rings. The van der Waals surface area contributed by atoms with E-state index in [1.807, 2.05) is 6.92 Å². The fourth-order valence-corrected chi connectivity index (χ4v) is 2.52. The Kier molecular flexibility index (Phi) is 3.35. The van der Waals surface area contributed by atoms with Gasteiger partial charge in [-0.05, 0) is 18.1 Å². The Bertz CT molecular complexity index is 608. The van der Waals surface area contributed by atoms with E-state index in [0.717, 1.165) is 43.5 Å². The molecule has 0 amide bonds. The first kappa shape index (κ1) is 13.0. The zero-order valence-corrected chi connectivity index (χ0v) is 11.8. The van der Waals surface area contributed by atoms with Crippen molar-refractivity contribution in [2.45, 2.75) is 6.92 Å². The monoisotopic (exact) mass is 294 g/mol. The lowest BCUT2D eigenvalue weighted by molar-refractivity contribution is 0.304.